The van der Waals surface area contributed by atoms with E-state index in [1.54, 1.807) is 39.1 Å². The third kappa shape index (κ3) is 7.33. The number of nitrogens with one attached hydrogen (secondary N) is 2. The Kier molecular flexibility index (Phi) is 7.17. The van der Waals surface area contributed by atoms with Crippen LogP contribution in [0.5, 0.6) is 0 Å². The predicted molar refractivity (Wildman–Crippen MR) is 125 cm³/mol. The first-order chi connectivity index (χ1) is 15.0. The molecule has 1 amide bonds. The number of carbonyl (C=O) groups is 1. The summed E-state index contributed by atoms with van der Waals surface area (Å²) in [6.07, 6.45) is 1.63. The zero-order valence-electron chi connectivity index (χ0n) is 17.9. The lowest BCUT2D eigenvalue weighted by Crippen LogP contribution is -2.35. The molecule has 1 aromatic heterocycles. The molecule has 0 fully saturated rings. The molecule has 3 aromatic rings. The summed E-state index contributed by atoms with van der Waals surface area (Å²) >= 11 is 1.48. The third-order valence-electron chi connectivity index (χ3n) is 4.21. The molecule has 8 nitrogen and oxygen atoms in total. The van der Waals surface area contributed by atoms with Gasteiger partial charge >= 0.3 is 16.4 Å². The van der Waals surface area contributed by atoms with E-state index in [2.05, 4.69) is 10.3 Å². The number of benzene rings is 2. The summed E-state index contributed by atoms with van der Waals surface area (Å²) < 4.78 is 38.3. The minimum Gasteiger partial charge on any atom is -0.444 e. The molecule has 3 rings (SSSR count). The van der Waals surface area contributed by atoms with Crippen LogP contribution in [-0.2, 0) is 21.5 Å². The lowest BCUT2D eigenvalue weighted by molar-refractivity contribution is 0.0503. The minimum absolute atomic E-state index is 0.230. The summed E-state index contributed by atoms with van der Waals surface area (Å²) in [7, 11) is -4.34. The van der Waals surface area contributed by atoms with Crippen molar-refractivity contribution in [2.75, 3.05) is 4.72 Å². The Hall–Kier alpha value is -2.95. The molecule has 1 heterocycles. The van der Waals surface area contributed by atoms with Crippen molar-refractivity contribution in [3.8, 4) is 10.4 Å². The van der Waals surface area contributed by atoms with E-state index in [1.165, 1.54) is 23.5 Å². The predicted octanol–water partition coefficient (Wildman–Crippen LogP) is 4.83. The van der Waals surface area contributed by atoms with Crippen LogP contribution in [-0.4, -0.2) is 29.6 Å². The molecule has 1 unspecified atom stereocenters. The van der Waals surface area contributed by atoms with Crippen LogP contribution >= 0.6 is 11.3 Å². The second kappa shape index (κ2) is 9.68. The molecule has 10 heteroatoms. The number of carbonyl (C=O) groups excluding carboxylic acids is 1. The van der Waals surface area contributed by atoms with Crippen LogP contribution in [0.3, 0.4) is 0 Å². The van der Waals surface area contributed by atoms with Crippen LogP contribution in [0.4, 0.5) is 10.5 Å². The Morgan fingerprint density at radius 1 is 1.12 bits per heavy atom. The molecule has 0 bridgehead atoms. The highest BCUT2D eigenvalue weighted by molar-refractivity contribution is 7.87. The van der Waals surface area contributed by atoms with E-state index in [0.717, 1.165) is 21.0 Å². The molecular weight excluding hydrogens is 450 g/mol. The van der Waals surface area contributed by atoms with Crippen molar-refractivity contribution in [2.45, 2.75) is 38.8 Å². The van der Waals surface area contributed by atoms with Crippen molar-refractivity contribution in [1.82, 2.24) is 10.3 Å². The van der Waals surface area contributed by atoms with E-state index in [-0.39, 0.29) is 5.69 Å². The highest BCUT2D eigenvalue weighted by Gasteiger charge is 2.23. The zero-order chi connectivity index (χ0) is 23.4. The number of amides is 1. The summed E-state index contributed by atoms with van der Waals surface area (Å²) in [5, 5.41) is 3.61. The summed E-state index contributed by atoms with van der Waals surface area (Å²) in [6.45, 7) is 5.37. The molecule has 170 valence electrons. The summed E-state index contributed by atoms with van der Waals surface area (Å²) in [5.74, 6) is 0. The van der Waals surface area contributed by atoms with Gasteiger partial charge in [0.2, 0.25) is 0 Å². The number of aromatic nitrogens is 1. The molecule has 0 aliphatic heterocycles. The van der Waals surface area contributed by atoms with Crippen molar-refractivity contribution in [2.24, 2.45) is 0 Å². The molecule has 0 radical (unpaired) electrons. The average molecular weight is 476 g/mol. The quantitative estimate of drug-likeness (QED) is 0.421. The number of ether oxygens (including phenoxy) is 1. The monoisotopic (exact) mass is 475 g/mol. The number of alkyl carbamates (subject to hydrolysis) is 1. The molecule has 0 spiro atoms. The van der Waals surface area contributed by atoms with Crippen LogP contribution in [0.25, 0.3) is 10.4 Å². The fourth-order valence-electron chi connectivity index (χ4n) is 2.93. The molecule has 0 saturated carbocycles. The Morgan fingerprint density at radius 3 is 2.38 bits per heavy atom. The van der Waals surface area contributed by atoms with E-state index < -0.39 is 28.0 Å². The van der Waals surface area contributed by atoms with Crippen molar-refractivity contribution < 1.29 is 22.5 Å². The van der Waals surface area contributed by atoms with Gasteiger partial charge in [0, 0.05) is 6.20 Å². The maximum atomic E-state index is 12.5. The van der Waals surface area contributed by atoms with Gasteiger partial charge in [0.25, 0.3) is 0 Å². The molecule has 2 aromatic carbocycles. The molecule has 0 saturated heterocycles. The SMILES string of the molecule is CC(C)(C)OC(=O)NC(Cc1ccc(NS(=O)(=O)O)cc1)c1ncc(-c2ccccc2)s1. The van der Waals surface area contributed by atoms with E-state index >= 15 is 0 Å². The van der Waals surface area contributed by atoms with Crippen LogP contribution < -0.4 is 10.0 Å². The molecular formula is C22H25N3O5S2. The van der Waals surface area contributed by atoms with Gasteiger partial charge in [-0.15, -0.1) is 11.3 Å². The summed E-state index contributed by atoms with van der Waals surface area (Å²) in [5.41, 5.74) is 1.46. The third-order valence-corrected chi connectivity index (χ3v) is 5.87. The summed E-state index contributed by atoms with van der Waals surface area (Å²) in [4.78, 5) is 18.0. The zero-order valence-corrected chi connectivity index (χ0v) is 19.5. The molecule has 3 N–H and O–H groups in total. The van der Waals surface area contributed by atoms with E-state index in [4.69, 9.17) is 9.29 Å². The average Bonchev–Trinajstić information content (AvgIpc) is 3.17. The van der Waals surface area contributed by atoms with Crippen LogP contribution in [0.1, 0.15) is 37.4 Å². The Bertz CT molecular complexity index is 1150. The lowest BCUT2D eigenvalue weighted by atomic mass is 10.1. The summed E-state index contributed by atoms with van der Waals surface area (Å²) in [6, 6.07) is 15.9. The van der Waals surface area contributed by atoms with E-state index in [0.29, 0.717) is 6.42 Å². The Balaban J connectivity index is 1.83. The largest absolute Gasteiger partial charge is 0.444 e. The second-order valence-electron chi connectivity index (χ2n) is 8.11. The Labute approximate surface area is 191 Å². The fourth-order valence-corrected chi connectivity index (χ4v) is 4.34. The number of hydrogen-bond acceptors (Lipinski definition) is 6. The molecule has 0 aliphatic rings. The number of thiazole rings is 1. The van der Waals surface area contributed by atoms with Crippen molar-refractivity contribution in [1.29, 1.82) is 0 Å². The first kappa shape index (κ1) is 23.7. The van der Waals surface area contributed by atoms with Gasteiger partial charge in [0.15, 0.2) is 0 Å². The van der Waals surface area contributed by atoms with Gasteiger partial charge in [-0.2, -0.15) is 8.42 Å². The van der Waals surface area contributed by atoms with Crippen molar-refractivity contribution in [3.05, 3.63) is 71.4 Å². The van der Waals surface area contributed by atoms with Gasteiger partial charge in [-0.05, 0) is 50.5 Å². The van der Waals surface area contributed by atoms with Crippen molar-refractivity contribution >= 4 is 33.4 Å². The molecule has 0 aliphatic carbocycles. The second-order valence-corrected chi connectivity index (χ2v) is 10.3. The van der Waals surface area contributed by atoms with Crippen LogP contribution in [0.2, 0.25) is 0 Å². The molecule has 1 atom stereocenters. The number of anilines is 1. The normalized spacial score (nSPS) is 12.8. The maximum absolute atomic E-state index is 12.5. The van der Waals surface area contributed by atoms with Crippen LogP contribution in [0, 0.1) is 0 Å². The smallest absolute Gasteiger partial charge is 0.408 e. The van der Waals surface area contributed by atoms with E-state index in [1.807, 2.05) is 35.1 Å². The minimum atomic E-state index is -4.34. The molecule has 32 heavy (non-hydrogen) atoms. The van der Waals surface area contributed by atoms with Gasteiger partial charge in [-0.25, -0.2) is 9.78 Å². The van der Waals surface area contributed by atoms with Gasteiger partial charge in [0.1, 0.15) is 10.6 Å². The van der Waals surface area contributed by atoms with Crippen LogP contribution in [0.15, 0.2) is 60.8 Å². The van der Waals surface area contributed by atoms with Gasteiger partial charge < -0.3 is 10.1 Å². The first-order valence-corrected chi connectivity index (χ1v) is 12.1. The van der Waals surface area contributed by atoms with E-state index in [9.17, 15) is 13.2 Å². The number of hydrogen-bond donors (Lipinski definition) is 3. The lowest BCUT2D eigenvalue weighted by Gasteiger charge is -2.23. The van der Waals surface area contributed by atoms with Gasteiger partial charge in [-0.1, -0.05) is 42.5 Å². The van der Waals surface area contributed by atoms with Gasteiger partial charge in [-0.3, -0.25) is 9.27 Å². The number of rotatable bonds is 7. The highest BCUT2D eigenvalue weighted by Crippen LogP contribution is 2.31. The van der Waals surface area contributed by atoms with Gasteiger partial charge in [0.05, 0.1) is 16.6 Å². The maximum Gasteiger partial charge on any atom is 0.408 e. The highest BCUT2D eigenvalue weighted by atomic mass is 32.2. The van der Waals surface area contributed by atoms with Crippen molar-refractivity contribution in [3.63, 3.8) is 0 Å². The Morgan fingerprint density at radius 2 is 1.78 bits per heavy atom. The first-order valence-electron chi connectivity index (χ1n) is 9.83. The topological polar surface area (TPSA) is 118 Å². The standard InChI is InChI=1S/C22H25N3O5S2/c1-22(2,3)30-21(26)24-18(13-15-9-11-17(12-10-15)25-32(27,28)29)20-23-14-19(31-20)16-7-5-4-6-8-16/h4-12,14,18,25H,13H2,1-3H3,(H,24,26)(H,27,28,29). The fraction of sp³-hybridized carbons (Fsp3) is 0.273. The number of nitrogens with zero attached hydrogens (tertiary/aromatic N) is 1.